The van der Waals surface area contributed by atoms with E-state index in [9.17, 15) is 12.8 Å². The Hall–Kier alpha value is -1.47. The molecule has 124 valence electrons. The monoisotopic (exact) mass is 357 g/mol. The zero-order valence-corrected chi connectivity index (χ0v) is 14.3. The third-order valence-electron chi connectivity index (χ3n) is 3.61. The lowest BCUT2D eigenvalue weighted by Gasteiger charge is -2.29. The maximum atomic E-state index is 12.9. The highest BCUT2D eigenvalue weighted by Crippen LogP contribution is 2.26. The molecule has 0 bridgehead atoms. The molecular formula is C16H17ClFNO3S. The quantitative estimate of drug-likeness (QED) is 0.862. The molecule has 7 heteroatoms. The van der Waals surface area contributed by atoms with Gasteiger partial charge in [0.15, 0.2) is 0 Å². The molecule has 0 aliphatic rings. The molecule has 0 aliphatic heterocycles. The normalized spacial score (nSPS) is 14.4. The van der Waals surface area contributed by atoms with E-state index in [0.717, 1.165) is 17.7 Å². The highest BCUT2D eigenvalue weighted by molar-refractivity contribution is 7.89. The molecule has 4 nitrogen and oxygen atoms in total. The van der Waals surface area contributed by atoms with Crippen LogP contribution in [0, 0.1) is 5.82 Å². The summed E-state index contributed by atoms with van der Waals surface area (Å²) in [6, 6.07) is 11.6. The minimum Gasteiger partial charge on any atom is -0.372 e. The lowest BCUT2D eigenvalue weighted by Crippen LogP contribution is -2.40. The van der Waals surface area contributed by atoms with E-state index < -0.39 is 21.4 Å². The molecule has 0 saturated heterocycles. The van der Waals surface area contributed by atoms with E-state index >= 15 is 0 Å². The third-order valence-corrected chi connectivity index (χ3v) is 5.26. The van der Waals surface area contributed by atoms with Crippen molar-refractivity contribution in [3.8, 4) is 0 Å². The van der Waals surface area contributed by atoms with Gasteiger partial charge in [-0.25, -0.2) is 17.5 Å². The van der Waals surface area contributed by atoms with Crippen LogP contribution in [0.25, 0.3) is 0 Å². The number of methoxy groups -OCH3 is 1. The van der Waals surface area contributed by atoms with Crippen molar-refractivity contribution in [3.05, 3.63) is 64.9 Å². The molecule has 1 atom stereocenters. The summed E-state index contributed by atoms with van der Waals surface area (Å²) in [6.45, 7) is 1.76. The van der Waals surface area contributed by atoms with Gasteiger partial charge in [-0.15, -0.1) is 0 Å². The first-order valence-corrected chi connectivity index (χ1v) is 8.69. The summed E-state index contributed by atoms with van der Waals surface area (Å²) < 4.78 is 45.5. The van der Waals surface area contributed by atoms with Gasteiger partial charge in [-0.05, 0) is 48.9 Å². The van der Waals surface area contributed by atoms with Gasteiger partial charge in [-0.3, -0.25) is 0 Å². The maximum Gasteiger partial charge on any atom is 0.240 e. The molecule has 0 aliphatic carbocycles. The van der Waals surface area contributed by atoms with Crippen LogP contribution in [-0.4, -0.2) is 22.1 Å². The minimum absolute atomic E-state index is 0.00352. The summed E-state index contributed by atoms with van der Waals surface area (Å²) >= 11 is 5.98. The van der Waals surface area contributed by atoms with E-state index in [4.69, 9.17) is 16.3 Å². The van der Waals surface area contributed by atoms with Crippen molar-refractivity contribution in [1.29, 1.82) is 0 Å². The Balaban J connectivity index is 2.21. The van der Waals surface area contributed by atoms with Crippen molar-refractivity contribution in [2.75, 3.05) is 13.7 Å². The number of rotatable bonds is 6. The third kappa shape index (κ3) is 4.29. The average molecular weight is 358 g/mol. The molecule has 2 aromatic carbocycles. The fourth-order valence-electron chi connectivity index (χ4n) is 2.04. The number of halogens is 2. The Morgan fingerprint density at radius 1 is 1.22 bits per heavy atom. The number of nitrogens with one attached hydrogen (secondary N) is 1. The summed E-state index contributed by atoms with van der Waals surface area (Å²) in [5.41, 5.74) is -0.146. The predicted octanol–water partition coefficient (Wildman–Crippen LogP) is 3.32. The van der Waals surface area contributed by atoms with Crippen LogP contribution in [0.15, 0.2) is 53.4 Å². The molecule has 0 fully saturated rings. The lowest BCUT2D eigenvalue weighted by atomic mass is 9.96. The SMILES string of the molecule is COC(C)(CNS(=O)(=O)c1ccc(F)cc1)c1cccc(Cl)c1. The number of sulfonamides is 1. The van der Waals surface area contributed by atoms with E-state index in [1.54, 1.807) is 25.1 Å². The first-order valence-electron chi connectivity index (χ1n) is 6.83. The van der Waals surface area contributed by atoms with Crippen LogP contribution in [0.2, 0.25) is 5.02 Å². The molecule has 0 heterocycles. The minimum atomic E-state index is -3.77. The predicted molar refractivity (Wildman–Crippen MR) is 87.4 cm³/mol. The van der Waals surface area contributed by atoms with Gasteiger partial charge in [-0.2, -0.15) is 0 Å². The molecule has 2 aromatic rings. The zero-order valence-electron chi connectivity index (χ0n) is 12.7. The highest BCUT2D eigenvalue weighted by atomic mass is 35.5. The number of ether oxygens (including phenoxy) is 1. The molecule has 0 saturated carbocycles. The van der Waals surface area contributed by atoms with Gasteiger partial charge < -0.3 is 4.74 Å². The van der Waals surface area contributed by atoms with Gasteiger partial charge in [0.05, 0.1) is 4.90 Å². The van der Waals surface area contributed by atoms with Crippen LogP contribution < -0.4 is 4.72 Å². The number of hydrogen-bond donors (Lipinski definition) is 1. The van der Waals surface area contributed by atoms with Crippen LogP contribution in [0.4, 0.5) is 4.39 Å². The Morgan fingerprint density at radius 3 is 2.43 bits per heavy atom. The Kier molecular flexibility index (Phi) is 5.41. The smallest absolute Gasteiger partial charge is 0.240 e. The van der Waals surface area contributed by atoms with Crippen LogP contribution in [-0.2, 0) is 20.4 Å². The number of hydrogen-bond acceptors (Lipinski definition) is 3. The van der Waals surface area contributed by atoms with E-state index in [2.05, 4.69) is 4.72 Å². The van der Waals surface area contributed by atoms with E-state index in [0.29, 0.717) is 5.02 Å². The van der Waals surface area contributed by atoms with Crippen LogP contribution >= 0.6 is 11.6 Å². The standard InChI is InChI=1S/C16H17ClFNO3S/c1-16(22-2,12-4-3-5-13(17)10-12)11-19-23(20,21)15-8-6-14(18)7-9-15/h3-10,19H,11H2,1-2H3. The summed E-state index contributed by atoms with van der Waals surface area (Å²) in [4.78, 5) is -0.0107. The molecule has 23 heavy (non-hydrogen) atoms. The second-order valence-corrected chi connectivity index (χ2v) is 7.43. The Bertz CT molecular complexity index is 780. The maximum absolute atomic E-state index is 12.9. The van der Waals surface area contributed by atoms with Crippen molar-refractivity contribution in [3.63, 3.8) is 0 Å². The molecule has 1 N–H and O–H groups in total. The molecule has 0 amide bonds. The molecule has 0 aromatic heterocycles. The van der Waals surface area contributed by atoms with Crippen molar-refractivity contribution in [2.45, 2.75) is 17.4 Å². The molecule has 2 rings (SSSR count). The van der Waals surface area contributed by atoms with Crippen molar-refractivity contribution in [1.82, 2.24) is 4.72 Å². The van der Waals surface area contributed by atoms with E-state index in [1.165, 1.54) is 19.2 Å². The summed E-state index contributed by atoms with van der Waals surface area (Å²) in [5.74, 6) is -0.496. The van der Waals surface area contributed by atoms with Crippen LogP contribution in [0.3, 0.4) is 0 Å². The second kappa shape index (κ2) is 6.97. The fraction of sp³-hybridized carbons (Fsp3) is 0.250. The molecule has 1 unspecified atom stereocenters. The second-order valence-electron chi connectivity index (χ2n) is 5.22. The largest absolute Gasteiger partial charge is 0.372 e. The molecular weight excluding hydrogens is 341 g/mol. The highest BCUT2D eigenvalue weighted by Gasteiger charge is 2.29. The van der Waals surface area contributed by atoms with Gasteiger partial charge in [0.2, 0.25) is 10.0 Å². The Morgan fingerprint density at radius 2 is 1.87 bits per heavy atom. The van der Waals surface area contributed by atoms with Gasteiger partial charge in [0.1, 0.15) is 11.4 Å². The van der Waals surface area contributed by atoms with Crippen LogP contribution in [0.1, 0.15) is 12.5 Å². The molecule has 0 spiro atoms. The summed E-state index contributed by atoms with van der Waals surface area (Å²) in [5, 5.41) is 0.534. The first kappa shape index (κ1) is 17.9. The van der Waals surface area contributed by atoms with Crippen molar-refractivity contribution < 1.29 is 17.5 Å². The summed E-state index contributed by atoms with van der Waals surface area (Å²) in [6.07, 6.45) is 0. The lowest BCUT2D eigenvalue weighted by molar-refractivity contribution is 0.00699. The average Bonchev–Trinajstić information content (AvgIpc) is 2.53. The van der Waals surface area contributed by atoms with E-state index in [1.807, 2.05) is 6.07 Å². The fourth-order valence-corrected chi connectivity index (χ4v) is 3.36. The number of benzene rings is 2. The van der Waals surface area contributed by atoms with E-state index in [-0.39, 0.29) is 11.4 Å². The zero-order chi connectivity index (χ0) is 17.1. The van der Waals surface area contributed by atoms with Crippen molar-refractivity contribution in [2.24, 2.45) is 0 Å². The Labute approximate surface area is 140 Å². The van der Waals surface area contributed by atoms with Gasteiger partial charge in [0, 0.05) is 18.7 Å². The van der Waals surface area contributed by atoms with Gasteiger partial charge in [-0.1, -0.05) is 23.7 Å². The summed E-state index contributed by atoms with van der Waals surface area (Å²) in [7, 11) is -2.27. The van der Waals surface area contributed by atoms with Gasteiger partial charge >= 0.3 is 0 Å². The first-order chi connectivity index (χ1) is 10.8. The van der Waals surface area contributed by atoms with Gasteiger partial charge in [0.25, 0.3) is 0 Å². The molecule has 0 radical (unpaired) electrons. The van der Waals surface area contributed by atoms with Crippen molar-refractivity contribution >= 4 is 21.6 Å². The van der Waals surface area contributed by atoms with Crippen LogP contribution in [0.5, 0.6) is 0 Å². The topological polar surface area (TPSA) is 55.4 Å².